The Balaban J connectivity index is 0.000000361. The molecule has 1 atom stereocenters. The number of benzene rings is 13. The predicted molar refractivity (Wildman–Crippen MR) is 593 cm³/mol. The molecular weight excluding hydrogens is 1560 g/mol. The Kier molecular flexibility index (Phi) is 58.7. The SMILES string of the molecule is C1=CC2=CC=CC2C=C1.C1=Cc2ccccc2C1.C1=c2ccccc2=CC1.CC(C)C.CC(C)C.CC(C)C.CC(C)C.CC(C)C.CC(C)C.CC(C)C1=CC=CC1.CC(C)C1=CCC=C1.CC(C)c1ccccc1.CC(C)c1ccccc1.Cc1ccccc1.c1ccc2c(c1)ccc1ccccc12.c1ccc2cc3ccccc3cc2c1.c1ccc2ccccc2c1. The molecule has 13 aromatic carbocycles. The van der Waals surface area contributed by atoms with Crippen molar-refractivity contribution < 1.29 is 0 Å². The molecule has 13 aromatic rings. The second-order valence-electron chi connectivity index (χ2n) is 38.5. The predicted octanol–water partition coefficient (Wildman–Crippen LogP) is 38.6. The molecule has 0 heterocycles. The van der Waals surface area contributed by atoms with Crippen molar-refractivity contribution in [3.05, 3.63) is 449 Å². The van der Waals surface area contributed by atoms with Crippen molar-refractivity contribution >= 4 is 72.1 Å². The lowest BCUT2D eigenvalue weighted by Gasteiger charge is -2.06. The van der Waals surface area contributed by atoms with Crippen LogP contribution < -0.4 is 10.4 Å². The van der Waals surface area contributed by atoms with Crippen LogP contribution >= 0.6 is 0 Å². The highest BCUT2D eigenvalue weighted by molar-refractivity contribution is 6.07. The minimum absolute atomic E-state index is 0.579. The smallest absolute Gasteiger partial charge is 0.0204 e. The fourth-order valence-corrected chi connectivity index (χ4v) is 12.6. The maximum atomic E-state index is 2.28. The van der Waals surface area contributed by atoms with Gasteiger partial charge in [0.15, 0.2) is 0 Å². The Morgan fingerprint density at radius 2 is 0.600 bits per heavy atom. The van der Waals surface area contributed by atoms with Gasteiger partial charge in [-0.2, -0.15) is 0 Å². The van der Waals surface area contributed by atoms with Gasteiger partial charge in [0, 0.05) is 5.92 Å². The number of aryl methyl sites for hydroxylation is 1. The Bertz CT molecular complexity index is 5190. The summed E-state index contributed by atoms with van der Waals surface area (Å²) in [6.45, 7) is 58.8. The van der Waals surface area contributed by atoms with E-state index in [4.69, 9.17) is 0 Å². The van der Waals surface area contributed by atoms with Crippen LogP contribution in [0.4, 0.5) is 0 Å². The first-order valence-electron chi connectivity index (χ1n) is 48.5. The highest BCUT2D eigenvalue weighted by Gasteiger charge is 2.10. The van der Waals surface area contributed by atoms with E-state index in [9.17, 15) is 0 Å². The van der Waals surface area contributed by atoms with Crippen molar-refractivity contribution in [2.24, 2.45) is 53.3 Å². The third kappa shape index (κ3) is 52.3. The molecular formula is C130H168. The molecule has 0 saturated heterocycles. The van der Waals surface area contributed by atoms with E-state index < -0.39 is 0 Å². The molecule has 130 heavy (non-hydrogen) atoms. The fourth-order valence-electron chi connectivity index (χ4n) is 12.6. The summed E-state index contributed by atoms with van der Waals surface area (Å²) in [6.07, 6.45) is 41.7. The third-order valence-electron chi connectivity index (χ3n) is 18.9. The lowest BCUT2D eigenvalue weighted by Crippen LogP contribution is -2.19. The zero-order chi connectivity index (χ0) is 95.8. The second-order valence-corrected chi connectivity index (χ2v) is 38.5. The third-order valence-corrected chi connectivity index (χ3v) is 18.9. The van der Waals surface area contributed by atoms with Gasteiger partial charge in [0.05, 0.1) is 0 Å². The molecule has 19 rings (SSSR count). The quantitative estimate of drug-likeness (QED) is 0.122. The van der Waals surface area contributed by atoms with Crippen LogP contribution in [0.5, 0.6) is 0 Å². The zero-order valence-corrected chi connectivity index (χ0v) is 85.4. The van der Waals surface area contributed by atoms with Crippen molar-refractivity contribution in [2.45, 2.75) is 224 Å². The average molecular weight is 1730 g/mol. The van der Waals surface area contributed by atoms with Crippen LogP contribution in [-0.4, -0.2) is 0 Å². The largest absolute Gasteiger partial charge is 0.0805 e. The topological polar surface area (TPSA) is 0 Å². The van der Waals surface area contributed by atoms with Gasteiger partial charge in [-0.1, -0.05) is 592 Å². The van der Waals surface area contributed by atoms with Crippen LogP contribution in [0, 0.1) is 60.2 Å². The summed E-state index contributed by atoms with van der Waals surface area (Å²) in [4.78, 5) is 0. The van der Waals surface area contributed by atoms with Gasteiger partial charge in [-0.05, 0) is 202 Å². The number of allylic oxidation sites excluding steroid dienone is 17. The van der Waals surface area contributed by atoms with E-state index in [1.165, 1.54) is 110 Å². The van der Waals surface area contributed by atoms with Gasteiger partial charge in [-0.25, -0.2) is 0 Å². The van der Waals surface area contributed by atoms with E-state index in [0.717, 1.165) is 60.7 Å². The van der Waals surface area contributed by atoms with Crippen LogP contribution in [-0.2, 0) is 6.42 Å². The first kappa shape index (κ1) is 113. The average Bonchev–Trinajstić information content (AvgIpc) is 1.28. The van der Waals surface area contributed by atoms with E-state index in [-0.39, 0.29) is 0 Å². The molecule has 0 radical (unpaired) electrons. The van der Waals surface area contributed by atoms with Gasteiger partial charge in [-0.3, -0.25) is 0 Å². The van der Waals surface area contributed by atoms with E-state index >= 15 is 0 Å². The maximum Gasteiger partial charge on any atom is 0.0204 e. The zero-order valence-electron chi connectivity index (χ0n) is 85.4. The summed E-state index contributed by atoms with van der Waals surface area (Å²) in [5, 5.41) is 15.9. The fraction of sp³-hybridized carbons (Fsp3) is 0.323. The maximum absolute atomic E-state index is 2.28. The minimum Gasteiger partial charge on any atom is -0.0805 e. The van der Waals surface area contributed by atoms with Crippen molar-refractivity contribution in [3.63, 3.8) is 0 Å². The number of hydrogen-bond donors (Lipinski definition) is 0. The lowest BCUT2D eigenvalue weighted by molar-refractivity contribution is 0.736. The van der Waals surface area contributed by atoms with E-state index in [2.05, 4.69) is 569 Å². The molecule has 688 valence electrons. The Labute approximate surface area is 793 Å². The van der Waals surface area contributed by atoms with Crippen LogP contribution in [0.25, 0.3) is 72.1 Å². The molecule has 0 aromatic heterocycles. The van der Waals surface area contributed by atoms with Gasteiger partial charge in [0.1, 0.15) is 0 Å². The summed E-state index contributed by atoms with van der Waals surface area (Å²) in [7, 11) is 0. The molecule has 6 aliphatic carbocycles. The minimum atomic E-state index is 0.579. The molecule has 0 N–H and O–H groups in total. The molecule has 0 spiro atoms. The molecule has 0 saturated carbocycles. The second kappa shape index (κ2) is 67.7. The Morgan fingerprint density at radius 1 is 0.246 bits per heavy atom. The molecule has 0 heteroatoms. The van der Waals surface area contributed by atoms with Crippen LogP contribution in [0.15, 0.2) is 411 Å². The monoisotopic (exact) mass is 1730 g/mol. The van der Waals surface area contributed by atoms with Gasteiger partial charge < -0.3 is 0 Å². The standard InChI is InChI=1S/2C14H10.C10H8.3C9H8.2C9H12.2C8H12.C7H8.6C4H10/c1-3-7-13-11(5-1)9-10-12-6-2-4-8-14(12)13;1-2-6-12-10-14-8-4-3-7-13(14)9-11(12)5-1;1-2-6-10-8-4-3-7-9(10)5-1;3*1-2-5-9-7-3-6-8(9)4-1;2*1-8(2)9-6-4-3-5-7-9;2*1-7(2)8-5-3-4-6-8;1-7-5-3-2-4-6-7;6*1-4(2)3/h2*1-10H;1-8H;1-2,4-7H,3H2;1-6H,7H2;1-8H;2*3-8H,1-2H3;3,5-7H,4H2,1-2H3;3-5,7H,6H2,1-2H3;2-6H,1H3;6*4H,1-3H3. The van der Waals surface area contributed by atoms with Crippen LogP contribution in [0.1, 0.15) is 239 Å². The molecule has 0 bridgehead atoms. The van der Waals surface area contributed by atoms with E-state index in [1.807, 2.05) is 30.3 Å². The van der Waals surface area contributed by atoms with Crippen LogP contribution in [0.3, 0.4) is 0 Å². The van der Waals surface area contributed by atoms with Crippen LogP contribution in [0.2, 0.25) is 0 Å². The number of hydrogen-bond acceptors (Lipinski definition) is 0. The van der Waals surface area contributed by atoms with Crippen molar-refractivity contribution in [2.75, 3.05) is 0 Å². The first-order valence-corrected chi connectivity index (χ1v) is 48.5. The van der Waals surface area contributed by atoms with E-state index in [0.29, 0.717) is 23.7 Å². The summed E-state index contributed by atoms with van der Waals surface area (Å²) in [5.74, 6) is 8.35. The van der Waals surface area contributed by atoms with Gasteiger partial charge in [0.2, 0.25) is 0 Å². The normalized spacial score (nSPS) is 12.7. The Morgan fingerprint density at radius 3 is 0.915 bits per heavy atom. The van der Waals surface area contributed by atoms with Crippen molar-refractivity contribution in [3.8, 4) is 0 Å². The highest BCUT2D eigenvalue weighted by Crippen LogP contribution is 2.28. The molecule has 1 unspecified atom stereocenters. The summed E-state index contributed by atoms with van der Waals surface area (Å²) >= 11 is 0. The highest BCUT2D eigenvalue weighted by atomic mass is 14.1. The first-order chi connectivity index (χ1) is 62.3. The van der Waals surface area contributed by atoms with Gasteiger partial charge in [-0.15, -0.1) is 0 Å². The molecule has 0 amide bonds. The Hall–Kier alpha value is -11.4. The van der Waals surface area contributed by atoms with Gasteiger partial charge in [0.25, 0.3) is 0 Å². The molecule has 0 fully saturated rings. The van der Waals surface area contributed by atoms with Crippen molar-refractivity contribution in [1.29, 1.82) is 0 Å². The van der Waals surface area contributed by atoms with Gasteiger partial charge >= 0.3 is 0 Å². The summed E-state index contributed by atoms with van der Waals surface area (Å²) in [5.41, 5.74) is 11.5. The summed E-state index contributed by atoms with van der Waals surface area (Å²) in [6, 6.07) is 108. The number of rotatable bonds is 4. The molecule has 0 aliphatic heterocycles. The lowest BCUT2D eigenvalue weighted by atomic mass is 9.99. The molecule has 6 aliphatic rings. The summed E-state index contributed by atoms with van der Waals surface area (Å²) < 4.78 is 0. The van der Waals surface area contributed by atoms with Crippen molar-refractivity contribution in [1.82, 2.24) is 0 Å². The number of fused-ring (bicyclic) bond motifs is 9. The van der Waals surface area contributed by atoms with E-state index in [1.54, 1.807) is 5.57 Å². The molecule has 0 nitrogen and oxygen atoms in total.